The van der Waals surface area contributed by atoms with Crippen molar-refractivity contribution in [2.24, 2.45) is 0 Å². The van der Waals surface area contributed by atoms with Crippen molar-refractivity contribution in [2.45, 2.75) is 26.3 Å². The molecule has 11 heteroatoms. The third-order valence-electron chi connectivity index (χ3n) is 4.61. The third-order valence-corrected chi connectivity index (χ3v) is 5.49. The standard InChI is InChI=1S/C20H17N3O7S/c1-3-12(2)21-19(24)18(31-20(21)25)10-13-4-7-15(8-5-13)30-17-9-6-14(22(26)27)11-16(17)23(28)29/h4-12H,3H2,1-2H3/b18-10+/t12-/m0/s1. The Balaban J connectivity index is 1.80. The van der Waals surface area contributed by atoms with Gasteiger partial charge in [-0.15, -0.1) is 0 Å². The molecule has 0 N–H and O–H groups in total. The Hall–Kier alpha value is -3.73. The molecule has 31 heavy (non-hydrogen) atoms. The van der Waals surface area contributed by atoms with E-state index in [1.807, 2.05) is 13.8 Å². The summed E-state index contributed by atoms with van der Waals surface area (Å²) in [5, 5.41) is 21.7. The first-order valence-electron chi connectivity index (χ1n) is 9.19. The molecular weight excluding hydrogens is 426 g/mol. The van der Waals surface area contributed by atoms with Gasteiger partial charge in [-0.3, -0.25) is 34.7 Å². The summed E-state index contributed by atoms with van der Waals surface area (Å²) in [7, 11) is 0. The quantitative estimate of drug-likeness (QED) is 0.327. The topological polar surface area (TPSA) is 133 Å². The van der Waals surface area contributed by atoms with Crippen LogP contribution in [-0.2, 0) is 4.79 Å². The highest BCUT2D eigenvalue weighted by atomic mass is 32.2. The molecule has 2 amide bonds. The van der Waals surface area contributed by atoms with Crippen LogP contribution in [0.5, 0.6) is 11.5 Å². The molecule has 0 radical (unpaired) electrons. The number of hydrogen-bond acceptors (Lipinski definition) is 8. The average molecular weight is 443 g/mol. The summed E-state index contributed by atoms with van der Waals surface area (Å²) < 4.78 is 5.51. The second-order valence-electron chi connectivity index (χ2n) is 6.65. The van der Waals surface area contributed by atoms with Crippen LogP contribution in [0.1, 0.15) is 25.8 Å². The molecule has 0 saturated carbocycles. The summed E-state index contributed by atoms with van der Waals surface area (Å²) in [6, 6.07) is 9.25. The van der Waals surface area contributed by atoms with Gasteiger partial charge < -0.3 is 4.74 Å². The number of carbonyl (C=O) groups is 2. The van der Waals surface area contributed by atoms with Crippen LogP contribution in [0.15, 0.2) is 47.4 Å². The first kappa shape index (κ1) is 22.0. The highest BCUT2D eigenvalue weighted by Gasteiger charge is 2.37. The predicted molar refractivity (Wildman–Crippen MR) is 114 cm³/mol. The van der Waals surface area contributed by atoms with Gasteiger partial charge in [-0.1, -0.05) is 19.1 Å². The molecule has 1 atom stereocenters. The predicted octanol–water partition coefficient (Wildman–Crippen LogP) is 5.13. The zero-order valence-electron chi connectivity index (χ0n) is 16.5. The summed E-state index contributed by atoms with van der Waals surface area (Å²) in [5.74, 6) is -0.217. The lowest BCUT2D eigenvalue weighted by Gasteiger charge is -2.19. The van der Waals surface area contributed by atoms with Gasteiger partial charge in [0.05, 0.1) is 20.8 Å². The van der Waals surface area contributed by atoms with Gasteiger partial charge in [0.1, 0.15) is 5.75 Å². The van der Waals surface area contributed by atoms with E-state index in [0.717, 1.165) is 30.0 Å². The van der Waals surface area contributed by atoms with Gasteiger partial charge in [0.2, 0.25) is 5.75 Å². The Kier molecular flexibility index (Phi) is 6.35. The molecule has 1 heterocycles. The average Bonchev–Trinajstić information content (AvgIpc) is 3.01. The van der Waals surface area contributed by atoms with Crippen LogP contribution in [-0.4, -0.2) is 31.9 Å². The summed E-state index contributed by atoms with van der Waals surface area (Å²) >= 11 is 0.873. The van der Waals surface area contributed by atoms with Crippen molar-refractivity contribution in [1.82, 2.24) is 4.90 Å². The van der Waals surface area contributed by atoms with Crippen LogP contribution in [0, 0.1) is 20.2 Å². The van der Waals surface area contributed by atoms with E-state index in [4.69, 9.17) is 4.74 Å². The lowest BCUT2D eigenvalue weighted by Crippen LogP contribution is -2.36. The zero-order chi connectivity index (χ0) is 22.7. The summed E-state index contributed by atoms with van der Waals surface area (Å²) in [4.78, 5) is 46.7. The van der Waals surface area contributed by atoms with Gasteiger partial charge in [0, 0.05) is 12.1 Å². The molecule has 0 spiro atoms. The second kappa shape index (κ2) is 8.96. The smallest absolute Gasteiger partial charge is 0.318 e. The van der Waals surface area contributed by atoms with E-state index in [1.54, 1.807) is 18.2 Å². The van der Waals surface area contributed by atoms with E-state index < -0.39 is 21.2 Å². The molecule has 3 rings (SSSR count). The monoisotopic (exact) mass is 443 g/mol. The highest BCUT2D eigenvalue weighted by Crippen LogP contribution is 2.36. The Bertz CT molecular complexity index is 1100. The maximum atomic E-state index is 12.5. The first-order chi connectivity index (χ1) is 14.7. The second-order valence-corrected chi connectivity index (χ2v) is 7.64. The number of carbonyl (C=O) groups excluding carboxylic acids is 2. The van der Waals surface area contributed by atoms with E-state index in [-0.39, 0.29) is 28.7 Å². The van der Waals surface area contributed by atoms with E-state index in [2.05, 4.69) is 0 Å². The van der Waals surface area contributed by atoms with Crippen molar-refractivity contribution in [3.05, 3.63) is 73.2 Å². The maximum Gasteiger partial charge on any atom is 0.318 e. The summed E-state index contributed by atoms with van der Waals surface area (Å²) in [6.07, 6.45) is 2.25. The number of nitro benzene ring substituents is 2. The maximum absolute atomic E-state index is 12.5. The molecule has 1 aliphatic heterocycles. The van der Waals surface area contributed by atoms with Crippen LogP contribution in [0.3, 0.4) is 0 Å². The van der Waals surface area contributed by atoms with Crippen molar-refractivity contribution in [3.8, 4) is 11.5 Å². The normalized spacial score (nSPS) is 15.9. The van der Waals surface area contributed by atoms with Gasteiger partial charge in [-0.25, -0.2) is 0 Å². The van der Waals surface area contributed by atoms with E-state index in [1.165, 1.54) is 17.0 Å². The molecule has 0 aromatic heterocycles. The number of hydrogen-bond donors (Lipinski definition) is 0. The first-order valence-corrected chi connectivity index (χ1v) is 10.0. The number of nitro groups is 2. The SMILES string of the molecule is CC[C@H](C)N1C(=O)S/C(=C/c2ccc(Oc3ccc([N+](=O)[O-])cc3[N+](=O)[O-])cc2)C1=O. The Labute approximate surface area is 180 Å². The molecule has 1 fully saturated rings. The van der Waals surface area contributed by atoms with Crippen LogP contribution in [0.2, 0.25) is 0 Å². The Morgan fingerprint density at radius 3 is 2.35 bits per heavy atom. The molecular formula is C20H17N3O7S. The van der Waals surface area contributed by atoms with Crippen molar-refractivity contribution in [1.29, 1.82) is 0 Å². The van der Waals surface area contributed by atoms with E-state index in [0.29, 0.717) is 16.9 Å². The van der Waals surface area contributed by atoms with Gasteiger partial charge in [-0.05, 0) is 54.9 Å². The number of thioether (sulfide) groups is 1. The number of imide groups is 1. The van der Waals surface area contributed by atoms with Crippen molar-refractivity contribution in [2.75, 3.05) is 0 Å². The zero-order valence-corrected chi connectivity index (χ0v) is 17.3. The largest absolute Gasteiger partial charge is 0.450 e. The number of ether oxygens (including phenoxy) is 1. The lowest BCUT2D eigenvalue weighted by atomic mass is 10.2. The number of benzene rings is 2. The summed E-state index contributed by atoms with van der Waals surface area (Å²) in [6.45, 7) is 3.70. The molecule has 2 aromatic carbocycles. The number of non-ortho nitro benzene ring substituents is 1. The fraction of sp³-hybridized carbons (Fsp3) is 0.200. The minimum atomic E-state index is -0.760. The van der Waals surface area contributed by atoms with Crippen LogP contribution in [0.4, 0.5) is 16.2 Å². The molecule has 160 valence electrons. The number of nitrogens with zero attached hydrogens (tertiary/aromatic N) is 3. The van der Waals surface area contributed by atoms with Crippen molar-refractivity contribution in [3.63, 3.8) is 0 Å². The van der Waals surface area contributed by atoms with Gasteiger partial charge in [0.15, 0.2) is 0 Å². The molecule has 1 saturated heterocycles. The third kappa shape index (κ3) is 4.72. The molecule has 2 aromatic rings. The van der Waals surface area contributed by atoms with Crippen LogP contribution < -0.4 is 4.74 Å². The van der Waals surface area contributed by atoms with Crippen LogP contribution in [0.25, 0.3) is 6.08 Å². The molecule has 0 aliphatic carbocycles. The van der Waals surface area contributed by atoms with Gasteiger partial charge in [-0.2, -0.15) is 0 Å². The lowest BCUT2D eigenvalue weighted by molar-refractivity contribution is -0.394. The Morgan fingerprint density at radius 2 is 1.77 bits per heavy atom. The van der Waals surface area contributed by atoms with Gasteiger partial charge >= 0.3 is 5.69 Å². The molecule has 0 bridgehead atoms. The fourth-order valence-electron chi connectivity index (χ4n) is 2.80. The fourth-order valence-corrected chi connectivity index (χ4v) is 3.73. The highest BCUT2D eigenvalue weighted by molar-refractivity contribution is 8.18. The minimum Gasteiger partial charge on any atom is -0.450 e. The minimum absolute atomic E-state index is 0.141. The Morgan fingerprint density at radius 1 is 1.10 bits per heavy atom. The van der Waals surface area contributed by atoms with Crippen molar-refractivity contribution >= 4 is 40.4 Å². The molecule has 1 aliphatic rings. The van der Waals surface area contributed by atoms with Crippen LogP contribution >= 0.6 is 11.8 Å². The van der Waals surface area contributed by atoms with E-state index in [9.17, 15) is 29.8 Å². The van der Waals surface area contributed by atoms with E-state index >= 15 is 0 Å². The summed E-state index contributed by atoms with van der Waals surface area (Å²) in [5.41, 5.74) is -0.307. The van der Waals surface area contributed by atoms with Crippen molar-refractivity contribution < 1.29 is 24.2 Å². The molecule has 10 nitrogen and oxygen atoms in total. The molecule has 0 unspecified atom stereocenters. The number of rotatable bonds is 7. The van der Waals surface area contributed by atoms with Gasteiger partial charge in [0.25, 0.3) is 16.8 Å². The number of amides is 2.